The Morgan fingerprint density at radius 2 is 1.75 bits per heavy atom. The van der Waals surface area contributed by atoms with Gasteiger partial charge < -0.3 is 5.11 Å². The fourth-order valence-corrected chi connectivity index (χ4v) is 1.68. The van der Waals surface area contributed by atoms with Crippen molar-refractivity contribution in [3.63, 3.8) is 0 Å². The molecular formula is C12H15BrF2O. The van der Waals surface area contributed by atoms with Gasteiger partial charge >= 0.3 is 4.83 Å². The minimum absolute atomic E-state index is 0.203. The minimum Gasteiger partial charge on any atom is -0.378 e. The van der Waals surface area contributed by atoms with Gasteiger partial charge in [-0.05, 0) is 40.4 Å². The average Bonchev–Trinajstić information content (AvgIpc) is 2.17. The van der Waals surface area contributed by atoms with Crippen molar-refractivity contribution in [3.8, 4) is 0 Å². The summed E-state index contributed by atoms with van der Waals surface area (Å²) in [6, 6.07) is 6.62. The molecular weight excluding hydrogens is 278 g/mol. The summed E-state index contributed by atoms with van der Waals surface area (Å²) in [6.07, 6.45) is 1.91. The molecule has 1 aromatic carbocycles. The molecule has 0 saturated heterocycles. The molecule has 0 fully saturated rings. The van der Waals surface area contributed by atoms with E-state index in [0.717, 1.165) is 25.3 Å². The standard InChI is InChI=1S/C12H15BrF2O/c1-3-4-9-5-7-10(8-6-9)11(2,16)12(13,14)15/h5-8,16H,3-4H2,1-2H3. The highest BCUT2D eigenvalue weighted by Gasteiger charge is 2.47. The fraction of sp³-hybridized carbons (Fsp3) is 0.500. The first-order chi connectivity index (χ1) is 7.29. The third kappa shape index (κ3) is 2.80. The van der Waals surface area contributed by atoms with Crippen LogP contribution in [0.3, 0.4) is 0 Å². The van der Waals surface area contributed by atoms with E-state index in [1.165, 1.54) is 0 Å². The molecule has 0 aliphatic rings. The van der Waals surface area contributed by atoms with Crippen LogP contribution < -0.4 is 0 Å². The maximum Gasteiger partial charge on any atom is 0.333 e. The molecule has 0 radical (unpaired) electrons. The lowest BCUT2D eigenvalue weighted by molar-refractivity contribution is -0.109. The van der Waals surface area contributed by atoms with Gasteiger partial charge in [-0.2, -0.15) is 8.78 Å². The van der Waals surface area contributed by atoms with Gasteiger partial charge in [0, 0.05) is 0 Å². The van der Waals surface area contributed by atoms with Gasteiger partial charge in [0.2, 0.25) is 0 Å². The summed E-state index contributed by atoms with van der Waals surface area (Å²) >= 11 is 2.20. The molecule has 0 heterocycles. The molecule has 90 valence electrons. The first-order valence-electron chi connectivity index (χ1n) is 5.17. The van der Waals surface area contributed by atoms with E-state index in [2.05, 4.69) is 22.9 Å². The molecule has 16 heavy (non-hydrogen) atoms. The summed E-state index contributed by atoms with van der Waals surface area (Å²) in [6.45, 7) is 3.15. The lowest BCUT2D eigenvalue weighted by Crippen LogP contribution is -2.37. The van der Waals surface area contributed by atoms with Gasteiger partial charge in [-0.1, -0.05) is 37.6 Å². The van der Waals surface area contributed by atoms with Crippen molar-refractivity contribution < 1.29 is 13.9 Å². The van der Waals surface area contributed by atoms with Crippen LogP contribution in [0, 0.1) is 0 Å². The smallest absolute Gasteiger partial charge is 0.333 e. The molecule has 1 unspecified atom stereocenters. The van der Waals surface area contributed by atoms with Crippen molar-refractivity contribution in [2.24, 2.45) is 0 Å². The van der Waals surface area contributed by atoms with Crippen molar-refractivity contribution >= 4 is 15.9 Å². The quantitative estimate of drug-likeness (QED) is 0.836. The Labute approximate surface area is 103 Å². The van der Waals surface area contributed by atoms with Crippen molar-refractivity contribution in [2.45, 2.75) is 37.1 Å². The number of aliphatic hydroxyl groups is 1. The summed E-state index contributed by atoms with van der Waals surface area (Å²) in [5.74, 6) is 0. The number of benzene rings is 1. The zero-order chi connectivity index (χ0) is 12.4. The number of alkyl halides is 3. The van der Waals surface area contributed by atoms with Crippen molar-refractivity contribution in [1.29, 1.82) is 0 Å². The van der Waals surface area contributed by atoms with E-state index >= 15 is 0 Å². The molecule has 0 aliphatic carbocycles. The largest absolute Gasteiger partial charge is 0.378 e. The third-order valence-corrected chi connectivity index (χ3v) is 3.38. The first kappa shape index (κ1) is 13.6. The summed E-state index contributed by atoms with van der Waals surface area (Å²) in [7, 11) is 0. The number of hydrogen-bond donors (Lipinski definition) is 1. The van der Waals surface area contributed by atoms with Crippen LogP contribution in [-0.4, -0.2) is 9.94 Å². The van der Waals surface area contributed by atoms with Crippen molar-refractivity contribution in [2.75, 3.05) is 0 Å². The summed E-state index contributed by atoms with van der Waals surface area (Å²) in [5, 5.41) is 9.75. The van der Waals surface area contributed by atoms with E-state index in [1.54, 1.807) is 24.3 Å². The van der Waals surface area contributed by atoms with Gasteiger partial charge in [0.05, 0.1) is 0 Å². The molecule has 0 aromatic heterocycles. The highest BCUT2D eigenvalue weighted by atomic mass is 79.9. The second kappa shape index (κ2) is 4.80. The van der Waals surface area contributed by atoms with E-state index < -0.39 is 10.4 Å². The molecule has 1 rings (SSSR count). The second-order valence-corrected chi connectivity index (χ2v) is 5.01. The highest BCUT2D eigenvalue weighted by Crippen LogP contribution is 2.41. The van der Waals surface area contributed by atoms with Crippen LogP contribution in [0.5, 0.6) is 0 Å². The van der Waals surface area contributed by atoms with E-state index in [4.69, 9.17) is 0 Å². The van der Waals surface area contributed by atoms with Crippen LogP contribution in [0.25, 0.3) is 0 Å². The van der Waals surface area contributed by atoms with Crippen LogP contribution >= 0.6 is 15.9 Å². The van der Waals surface area contributed by atoms with Gasteiger partial charge in [0.25, 0.3) is 0 Å². The summed E-state index contributed by atoms with van der Waals surface area (Å²) < 4.78 is 26.2. The molecule has 0 bridgehead atoms. The van der Waals surface area contributed by atoms with Gasteiger partial charge in [0.1, 0.15) is 0 Å². The maximum atomic E-state index is 13.1. The predicted molar refractivity (Wildman–Crippen MR) is 63.9 cm³/mol. The fourth-order valence-electron chi connectivity index (χ4n) is 1.45. The Balaban J connectivity index is 2.97. The maximum absolute atomic E-state index is 13.1. The number of halogens is 3. The molecule has 1 nitrogen and oxygen atoms in total. The topological polar surface area (TPSA) is 20.2 Å². The zero-order valence-electron chi connectivity index (χ0n) is 9.30. The van der Waals surface area contributed by atoms with Gasteiger partial charge in [0.15, 0.2) is 5.60 Å². The van der Waals surface area contributed by atoms with Crippen LogP contribution in [0.15, 0.2) is 24.3 Å². The number of rotatable bonds is 4. The van der Waals surface area contributed by atoms with E-state index in [1.807, 2.05) is 0 Å². The first-order valence-corrected chi connectivity index (χ1v) is 5.97. The molecule has 1 atom stereocenters. The third-order valence-electron chi connectivity index (χ3n) is 2.61. The zero-order valence-corrected chi connectivity index (χ0v) is 10.9. The Bertz CT molecular complexity index is 341. The van der Waals surface area contributed by atoms with Crippen LogP contribution in [0.1, 0.15) is 31.4 Å². The molecule has 1 N–H and O–H groups in total. The average molecular weight is 293 g/mol. The van der Waals surface area contributed by atoms with E-state index in [9.17, 15) is 13.9 Å². The highest BCUT2D eigenvalue weighted by molar-refractivity contribution is 9.10. The molecule has 0 aliphatic heterocycles. The van der Waals surface area contributed by atoms with Gasteiger partial charge in [-0.25, -0.2) is 0 Å². The van der Waals surface area contributed by atoms with E-state index in [0.29, 0.717) is 0 Å². The predicted octanol–water partition coefficient (Wildman–Crippen LogP) is 3.83. The normalized spacial score (nSPS) is 15.9. The van der Waals surface area contributed by atoms with Crippen molar-refractivity contribution in [1.82, 2.24) is 0 Å². The molecule has 4 heteroatoms. The minimum atomic E-state index is -3.34. The summed E-state index contributed by atoms with van der Waals surface area (Å²) in [5.41, 5.74) is -0.910. The summed E-state index contributed by atoms with van der Waals surface area (Å²) in [4.78, 5) is -3.34. The van der Waals surface area contributed by atoms with E-state index in [-0.39, 0.29) is 5.56 Å². The van der Waals surface area contributed by atoms with Crippen LogP contribution in [0.4, 0.5) is 8.78 Å². The SMILES string of the molecule is CCCc1ccc(C(C)(O)C(F)(F)Br)cc1. The van der Waals surface area contributed by atoms with Crippen LogP contribution in [0.2, 0.25) is 0 Å². The number of aryl methyl sites for hydroxylation is 1. The van der Waals surface area contributed by atoms with Crippen LogP contribution in [-0.2, 0) is 12.0 Å². The van der Waals surface area contributed by atoms with Gasteiger partial charge in [-0.3, -0.25) is 0 Å². The molecule has 1 aromatic rings. The number of hydrogen-bond acceptors (Lipinski definition) is 1. The second-order valence-electron chi connectivity index (χ2n) is 4.02. The molecule has 0 amide bonds. The molecule has 0 spiro atoms. The lowest BCUT2D eigenvalue weighted by Gasteiger charge is -2.28. The lowest BCUT2D eigenvalue weighted by atomic mass is 9.95. The Kier molecular flexibility index (Phi) is 4.07. The Morgan fingerprint density at radius 3 is 2.12 bits per heavy atom. The Morgan fingerprint density at radius 1 is 1.25 bits per heavy atom. The Hall–Kier alpha value is -0.480. The van der Waals surface area contributed by atoms with Gasteiger partial charge in [-0.15, -0.1) is 0 Å². The van der Waals surface area contributed by atoms with Crippen molar-refractivity contribution in [3.05, 3.63) is 35.4 Å². The molecule has 0 saturated carbocycles. The monoisotopic (exact) mass is 292 g/mol.